The molecule has 0 spiro atoms. The summed E-state index contributed by atoms with van der Waals surface area (Å²) in [4.78, 5) is 27.7. The molecule has 0 aliphatic carbocycles. The summed E-state index contributed by atoms with van der Waals surface area (Å²) in [7, 11) is -3.92. The van der Waals surface area contributed by atoms with Gasteiger partial charge in [0.05, 0.1) is 17.0 Å². The molecule has 0 aromatic heterocycles. The van der Waals surface area contributed by atoms with Crippen molar-refractivity contribution in [2.75, 3.05) is 17.1 Å². The quantitative estimate of drug-likeness (QED) is 0.524. The van der Waals surface area contributed by atoms with E-state index in [1.165, 1.54) is 11.0 Å². The fraction of sp³-hybridized carbons (Fsp3) is 0.417. The van der Waals surface area contributed by atoms with Gasteiger partial charge in [-0.1, -0.05) is 42.8 Å². The standard InChI is InChI=1S/C24H31ClFN3O4S/c1-6-17(3)27-24(31)18(4)28(14-19-10-8-7-9-16(19)2)23(30)15-29(34(5,32)33)20-11-12-22(26)21(25)13-20/h7-13,17-18H,6,14-15H2,1-5H3,(H,27,31)/t17-,18-/m1/s1. The van der Waals surface area contributed by atoms with E-state index in [0.29, 0.717) is 0 Å². The maximum absolute atomic E-state index is 13.6. The molecule has 0 aliphatic rings. The average molecular weight is 512 g/mol. The molecule has 2 atom stereocenters. The molecule has 0 radical (unpaired) electrons. The van der Waals surface area contributed by atoms with Crippen molar-refractivity contribution in [2.24, 2.45) is 0 Å². The van der Waals surface area contributed by atoms with E-state index in [9.17, 15) is 22.4 Å². The molecule has 1 N–H and O–H groups in total. The molecule has 0 saturated carbocycles. The Bertz CT molecular complexity index is 1140. The maximum atomic E-state index is 13.6. The van der Waals surface area contributed by atoms with Gasteiger partial charge in [0.15, 0.2) is 0 Å². The second-order valence-corrected chi connectivity index (χ2v) is 10.6. The van der Waals surface area contributed by atoms with Crippen LogP contribution >= 0.6 is 11.6 Å². The average Bonchev–Trinajstić information content (AvgIpc) is 2.77. The third kappa shape index (κ3) is 7.17. The summed E-state index contributed by atoms with van der Waals surface area (Å²) < 4.78 is 39.5. The molecular weight excluding hydrogens is 481 g/mol. The number of aryl methyl sites for hydroxylation is 1. The first-order chi connectivity index (χ1) is 15.8. The Morgan fingerprint density at radius 1 is 1.15 bits per heavy atom. The number of anilines is 1. The smallest absolute Gasteiger partial charge is 0.244 e. The molecule has 0 unspecified atom stereocenters. The zero-order valence-electron chi connectivity index (χ0n) is 20.0. The second-order valence-electron chi connectivity index (χ2n) is 8.31. The van der Waals surface area contributed by atoms with Crippen LogP contribution in [0.3, 0.4) is 0 Å². The van der Waals surface area contributed by atoms with Gasteiger partial charge in [0.1, 0.15) is 18.4 Å². The van der Waals surface area contributed by atoms with Crippen LogP contribution < -0.4 is 9.62 Å². The van der Waals surface area contributed by atoms with Crippen molar-refractivity contribution < 1.29 is 22.4 Å². The van der Waals surface area contributed by atoms with Gasteiger partial charge in [0.2, 0.25) is 21.8 Å². The molecule has 0 bridgehead atoms. The SMILES string of the molecule is CC[C@@H](C)NC(=O)[C@@H](C)N(Cc1ccccc1C)C(=O)CN(c1ccc(F)c(Cl)c1)S(C)(=O)=O. The molecule has 2 aromatic carbocycles. The van der Waals surface area contributed by atoms with Crippen molar-refractivity contribution in [2.45, 2.75) is 52.7 Å². The number of sulfonamides is 1. The van der Waals surface area contributed by atoms with Gasteiger partial charge < -0.3 is 10.2 Å². The number of hydrogen-bond acceptors (Lipinski definition) is 4. The molecule has 0 heterocycles. The first kappa shape index (κ1) is 27.6. The molecule has 10 heteroatoms. The summed E-state index contributed by atoms with van der Waals surface area (Å²) in [6, 6.07) is 9.92. The Morgan fingerprint density at radius 2 is 1.79 bits per heavy atom. The number of rotatable bonds is 10. The second kappa shape index (κ2) is 11.7. The van der Waals surface area contributed by atoms with Crippen molar-refractivity contribution in [3.8, 4) is 0 Å². The third-order valence-corrected chi connectivity index (χ3v) is 7.07. The summed E-state index contributed by atoms with van der Waals surface area (Å²) in [6.07, 6.45) is 1.67. The van der Waals surface area contributed by atoms with Crippen LogP contribution in [0, 0.1) is 12.7 Å². The number of amides is 2. The highest BCUT2D eigenvalue weighted by Gasteiger charge is 2.30. The van der Waals surface area contributed by atoms with E-state index >= 15 is 0 Å². The Balaban J connectivity index is 2.42. The maximum Gasteiger partial charge on any atom is 0.244 e. The Labute approximate surface area is 205 Å². The third-order valence-electron chi connectivity index (χ3n) is 5.64. The highest BCUT2D eigenvalue weighted by molar-refractivity contribution is 7.92. The summed E-state index contributed by atoms with van der Waals surface area (Å²) in [5, 5.41) is 2.60. The molecule has 7 nitrogen and oxygen atoms in total. The van der Waals surface area contributed by atoms with E-state index in [1.807, 2.05) is 45.0 Å². The number of hydrogen-bond donors (Lipinski definition) is 1. The molecular formula is C24H31ClFN3O4S. The summed E-state index contributed by atoms with van der Waals surface area (Å²) >= 11 is 5.84. The minimum absolute atomic E-state index is 0.0507. The number of carbonyl (C=O) groups is 2. The van der Waals surface area contributed by atoms with Crippen molar-refractivity contribution in [1.82, 2.24) is 10.2 Å². The van der Waals surface area contributed by atoms with Gasteiger partial charge in [0.25, 0.3) is 0 Å². The summed E-state index contributed by atoms with van der Waals surface area (Å²) in [6.45, 7) is 6.83. The van der Waals surface area contributed by atoms with Gasteiger partial charge in [0, 0.05) is 12.6 Å². The van der Waals surface area contributed by atoms with Gasteiger partial charge >= 0.3 is 0 Å². The molecule has 2 rings (SSSR count). The van der Waals surface area contributed by atoms with Gasteiger partial charge in [-0.25, -0.2) is 12.8 Å². The molecule has 0 fully saturated rings. The highest BCUT2D eigenvalue weighted by atomic mass is 35.5. The van der Waals surface area contributed by atoms with Gasteiger partial charge in [-0.2, -0.15) is 0 Å². The molecule has 0 aliphatic heterocycles. The monoisotopic (exact) mass is 511 g/mol. The lowest BCUT2D eigenvalue weighted by Crippen LogP contribution is -2.52. The first-order valence-corrected chi connectivity index (χ1v) is 13.1. The van der Waals surface area contributed by atoms with Crippen LogP contribution in [-0.4, -0.2) is 50.0 Å². The number of halogens is 2. The first-order valence-electron chi connectivity index (χ1n) is 10.9. The van der Waals surface area contributed by atoms with Crippen molar-refractivity contribution in [1.29, 1.82) is 0 Å². The summed E-state index contributed by atoms with van der Waals surface area (Å²) in [5.41, 5.74) is 1.81. The largest absolute Gasteiger partial charge is 0.352 e. The number of nitrogens with one attached hydrogen (secondary N) is 1. The van der Waals surface area contributed by atoms with E-state index in [2.05, 4.69) is 5.32 Å². The van der Waals surface area contributed by atoms with Crippen LogP contribution in [0.15, 0.2) is 42.5 Å². The zero-order valence-corrected chi connectivity index (χ0v) is 21.6. The van der Waals surface area contributed by atoms with Crippen LogP contribution in [0.1, 0.15) is 38.3 Å². The van der Waals surface area contributed by atoms with E-state index in [1.54, 1.807) is 6.92 Å². The predicted molar refractivity (Wildman–Crippen MR) is 133 cm³/mol. The Kier molecular flexibility index (Phi) is 9.46. The van der Waals surface area contributed by atoms with Crippen LogP contribution in [0.4, 0.5) is 10.1 Å². The molecule has 186 valence electrons. The lowest BCUT2D eigenvalue weighted by Gasteiger charge is -2.32. The number of carbonyl (C=O) groups excluding carboxylic acids is 2. The molecule has 2 amide bonds. The topological polar surface area (TPSA) is 86.8 Å². The number of benzene rings is 2. The minimum Gasteiger partial charge on any atom is -0.352 e. The zero-order chi connectivity index (χ0) is 25.6. The van der Waals surface area contributed by atoms with E-state index in [0.717, 1.165) is 40.2 Å². The van der Waals surface area contributed by atoms with Crippen LogP contribution in [0.2, 0.25) is 5.02 Å². The number of nitrogens with zero attached hydrogens (tertiary/aromatic N) is 2. The fourth-order valence-corrected chi connectivity index (χ4v) is 4.29. The molecule has 0 saturated heterocycles. The van der Waals surface area contributed by atoms with Crippen molar-refractivity contribution >= 4 is 39.1 Å². The fourth-order valence-electron chi connectivity index (χ4n) is 3.27. The van der Waals surface area contributed by atoms with E-state index in [-0.39, 0.29) is 29.2 Å². The molecule has 2 aromatic rings. The Hall–Kier alpha value is -2.65. The van der Waals surface area contributed by atoms with Gasteiger partial charge in [-0.05, 0) is 56.5 Å². The van der Waals surface area contributed by atoms with E-state index < -0.39 is 34.3 Å². The lowest BCUT2D eigenvalue weighted by molar-refractivity contribution is -0.139. The van der Waals surface area contributed by atoms with Crippen LogP contribution in [0.5, 0.6) is 0 Å². The van der Waals surface area contributed by atoms with Crippen LogP contribution in [-0.2, 0) is 26.2 Å². The van der Waals surface area contributed by atoms with E-state index in [4.69, 9.17) is 11.6 Å². The summed E-state index contributed by atoms with van der Waals surface area (Å²) in [5.74, 6) is -1.63. The highest BCUT2D eigenvalue weighted by Crippen LogP contribution is 2.25. The van der Waals surface area contributed by atoms with Gasteiger partial charge in [-0.3, -0.25) is 13.9 Å². The Morgan fingerprint density at radius 3 is 2.35 bits per heavy atom. The van der Waals surface area contributed by atoms with Crippen molar-refractivity contribution in [3.05, 3.63) is 64.4 Å². The predicted octanol–water partition coefficient (Wildman–Crippen LogP) is 3.89. The normalized spacial score (nSPS) is 13.1. The lowest BCUT2D eigenvalue weighted by atomic mass is 10.1. The van der Waals surface area contributed by atoms with Crippen molar-refractivity contribution in [3.63, 3.8) is 0 Å². The molecule has 34 heavy (non-hydrogen) atoms. The van der Waals surface area contributed by atoms with Gasteiger partial charge in [-0.15, -0.1) is 0 Å². The minimum atomic E-state index is -3.92. The van der Waals surface area contributed by atoms with Crippen LogP contribution in [0.25, 0.3) is 0 Å².